The molecular weight excluding hydrogens is 679 g/mol. The van der Waals surface area contributed by atoms with Gasteiger partial charge in [-0.1, -0.05) is 167 Å². The van der Waals surface area contributed by atoms with Gasteiger partial charge in [-0.05, 0) is 103 Å². The van der Waals surface area contributed by atoms with Gasteiger partial charge in [0.05, 0.1) is 11.4 Å². The van der Waals surface area contributed by atoms with Crippen molar-refractivity contribution in [1.29, 1.82) is 0 Å². The van der Waals surface area contributed by atoms with Gasteiger partial charge in [-0.25, -0.2) is 0 Å². The normalized spacial score (nSPS) is 14.4. The van der Waals surface area contributed by atoms with E-state index < -0.39 is 0 Å². The summed E-state index contributed by atoms with van der Waals surface area (Å²) in [6, 6.07) is 64.3. The quantitative estimate of drug-likeness (QED) is 0.176. The Hall–Kier alpha value is -6.64. The molecule has 2 aliphatic carbocycles. The Morgan fingerprint density at radius 3 is 1.88 bits per heavy atom. The molecule has 0 amide bonds. The van der Waals surface area contributed by atoms with Crippen molar-refractivity contribution in [3.63, 3.8) is 0 Å². The summed E-state index contributed by atoms with van der Waals surface area (Å²) in [4.78, 5) is 2.48. The van der Waals surface area contributed by atoms with Crippen LogP contribution in [0, 0.1) is 0 Å². The molecule has 0 spiro atoms. The Morgan fingerprint density at radius 2 is 1.05 bits per heavy atom. The fourth-order valence-corrected chi connectivity index (χ4v) is 9.97. The lowest BCUT2D eigenvalue weighted by atomic mass is 9.81. The summed E-state index contributed by atoms with van der Waals surface area (Å²) in [5, 5.41) is 2.25. The fraction of sp³-hybridized carbons (Fsp3) is 0.111. The molecule has 0 unspecified atom stereocenters. The lowest BCUT2D eigenvalue weighted by Crippen LogP contribution is -2.21. The van der Waals surface area contributed by atoms with Crippen LogP contribution in [0.5, 0.6) is 0 Å². The Morgan fingerprint density at radius 1 is 0.411 bits per heavy atom. The van der Waals surface area contributed by atoms with E-state index in [2.05, 4.69) is 209 Å². The van der Waals surface area contributed by atoms with E-state index in [9.17, 15) is 0 Å². The maximum atomic E-state index is 7.00. The number of fused-ring (bicyclic) bond motifs is 9. The number of hydrogen-bond acceptors (Lipinski definition) is 2. The lowest BCUT2D eigenvalue weighted by molar-refractivity contribution is 0.658. The van der Waals surface area contributed by atoms with Gasteiger partial charge in [0.15, 0.2) is 5.58 Å². The van der Waals surface area contributed by atoms with Crippen molar-refractivity contribution in [3.05, 3.63) is 198 Å². The van der Waals surface area contributed by atoms with Gasteiger partial charge in [0.2, 0.25) is 0 Å². The highest BCUT2D eigenvalue weighted by molar-refractivity contribution is 6.16. The fourth-order valence-electron chi connectivity index (χ4n) is 9.97. The van der Waals surface area contributed by atoms with Gasteiger partial charge in [0.25, 0.3) is 0 Å². The molecule has 0 aliphatic heterocycles. The van der Waals surface area contributed by atoms with Crippen molar-refractivity contribution in [1.82, 2.24) is 0 Å². The molecule has 0 N–H and O–H groups in total. The maximum absolute atomic E-state index is 7.00. The largest absolute Gasteiger partial charge is 0.454 e. The second-order valence-electron chi connectivity index (χ2n) is 16.5. The van der Waals surface area contributed by atoms with E-state index in [1.165, 1.54) is 66.8 Å². The molecule has 0 saturated carbocycles. The van der Waals surface area contributed by atoms with Crippen molar-refractivity contribution >= 4 is 39.0 Å². The number of nitrogens with zero attached hydrogens (tertiary/aromatic N) is 1. The van der Waals surface area contributed by atoms with Gasteiger partial charge in [-0.2, -0.15) is 0 Å². The van der Waals surface area contributed by atoms with Crippen LogP contribution in [0.1, 0.15) is 49.9 Å². The van der Waals surface area contributed by atoms with Crippen LogP contribution in [0.4, 0.5) is 17.1 Å². The molecule has 8 aromatic carbocycles. The molecule has 11 rings (SSSR count). The predicted molar refractivity (Wildman–Crippen MR) is 234 cm³/mol. The zero-order chi connectivity index (χ0) is 37.8. The number of rotatable bonds is 5. The third kappa shape index (κ3) is 4.62. The van der Waals surface area contributed by atoms with Crippen molar-refractivity contribution in [2.45, 2.75) is 38.5 Å². The van der Waals surface area contributed by atoms with Crippen molar-refractivity contribution in [3.8, 4) is 44.5 Å². The first-order valence-electron chi connectivity index (χ1n) is 19.7. The van der Waals surface area contributed by atoms with E-state index in [1.54, 1.807) is 0 Å². The number of hydrogen-bond donors (Lipinski definition) is 0. The molecule has 0 bridgehead atoms. The van der Waals surface area contributed by atoms with Crippen LogP contribution in [0.2, 0.25) is 0 Å². The van der Waals surface area contributed by atoms with Gasteiger partial charge in [0, 0.05) is 27.3 Å². The molecule has 9 aromatic rings. The van der Waals surface area contributed by atoms with Crippen LogP contribution in [0.25, 0.3) is 66.4 Å². The average Bonchev–Trinajstić information content (AvgIpc) is 3.82. The van der Waals surface area contributed by atoms with Crippen LogP contribution in [0.15, 0.2) is 180 Å². The molecule has 1 aromatic heterocycles. The summed E-state index contributed by atoms with van der Waals surface area (Å²) in [5.41, 5.74) is 20.1. The summed E-state index contributed by atoms with van der Waals surface area (Å²) < 4.78 is 7.00. The second kappa shape index (κ2) is 11.9. The highest BCUT2D eigenvalue weighted by Crippen LogP contribution is 2.57. The summed E-state index contributed by atoms with van der Waals surface area (Å²) in [6.07, 6.45) is 0. The SMILES string of the molecule is CC1(C)c2ccc(N(c3cccc4c3C(C)(C)c3ccccc3-4)c3cccc4c3oc3cccc(-c5ccccc5)c34)cc2-c2ccc(-c3ccccc3)cc21. The number of furan rings is 1. The molecule has 0 atom stereocenters. The van der Waals surface area contributed by atoms with E-state index in [-0.39, 0.29) is 10.8 Å². The summed E-state index contributed by atoms with van der Waals surface area (Å²) in [6.45, 7) is 9.48. The lowest BCUT2D eigenvalue weighted by Gasteiger charge is -2.32. The monoisotopic (exact) mass is 719 g/mol. The molecule has 0 saturated heterocycles. The predicted octanol–water partition coefficient (Wildman–Crippen LogP) is 15.0. The summed E-state index contributed by atoms with van der Waals surface area (Å²) in [7, 11) is 0. The van der Waals surface area contributed by atoms with Gasteiger partial charge in [-0.3, -0.25) is 0 Å². The summed E-state index contributed by atoms with van der Waals surface area (Å²) in [5.74, 6) is 0. The first-order valence-corrected chi connectivity index (χ1v) is 19.7. The van der Waals surface area contributed by atoms with Crippen LogP contribution in [-0.4, -0.2) is 0 Å². The average molecular weight is 720 g/mol. The number of para-hydroxylation sites is 1. The van der Waals surface area contributed by atoms with Gasteiger partial charge >= 0.3 is 0 Å². The molecule has 0 fully saturated rings. The van der Waals surface area contributed by atoms with E-state index in [4.69, 9.17) is 4.42 Å². The first-order chi connectivity index (χ1) is 27.3. The van der Waals surface area contributed by atoms with Crippen molar-refractivity contribution in [2.24, 2.45) is 0 Å². The minimum Gasteiger partial charge on any atom is -0.454 e. The second-order valence-corrected chi connectivity index (χ2v) is 16.5. The molecule has 2 aliphatic rings. The highest BCUT2D eigenvalue weighted by atomic mass is 16.3. The van der Waals surface area contributed by atoms with Crippen LogP contribution < -0.4 is 4.90 Å². The maximum Gasteiger partial charge on any atom is 0.159 e. The summed E-state index contributed by atoms with van der Waals surface area (Å²) >= 11 is 0. The van der Waals surface area contributed by atoms with Crippen LogP contribution in [0.3, 0.4) is 0 Å². The Kier molecular flexibility index (Phi) is 6.98. The first kappa shape index (κ1) is 32.8. The third-order valence-corrected chi connectivity index (χ3v) is 12.7. The highest BCUT2D eigenvalue weighted by Gasteiger charge is 2.40. The van der Waals surface area contributed by atoms with E-state index >= 15 is 0 Å². The topological polar surface area (TPSA) is 16.4 Å². The van der Waals surface area contributed by atoms with Gasteiger partial charge < -0.3 is 9.32 Å². The standard InChI is InChI=1S/C54H41NO/c1-53(2)45-31-29-37(33-43(45)40-30-28-36(32-46(40)53)34-16-7-5-8-17-34)55(47-25-13-22-41-39-20-11-12-24-44(39)54(3,4)51(41)47)48-26-14-23-42-50-38(35-18-9-6-10-19-35)21-15-27-49(50)56-52(42)48/h5-33H,1-4H3. The Balaban J connectivity index is 1.17. The molecule has 2 nitrogen and oxygen atoms in total. The minimum absolute atomic E-state index is 0.150. The Bertz CT molecular complexity index is 3020. The van der Waals surface area contributed by atoms with Crippen molar-refractivity contribution < 1.29 is 4.42 Å². The van der Waals surface area contributed by atoms with Crippen molar-refractivity contribution in [2.75, 3.05) is 4.90 Å². The number of anilines is 3. The molecule has 0 radical (unpaired) electrons. The van der Waals surface area contributed by atoms with Gasteiger partial charge in [-0.15, -0.1) is 0 Å². The smallest absolute Gasteiger partial charge is 0.159 e. The molecular formula is C54H41NO. The van der Waals surface area contributed by atoms with Crippen LogP contribution >= 0.6 is 0 Å². The number of benzene rings is 8. The van der Waals surface area contributed by atoms with Gasteiger partial charge in [0.1, 0.15) is 5.58 Å². The van der Waals surface area contributed by atoms with E-state index in [1.807, 2.05) is 0 Å². The molecule has 2 heteroatoms. The zero-order valence-corrected chi connectivity index (χ0v) is 32.1. The van der Waals surface area contributed by atoms with Crippen LogP contribution in [-0.2, 0) is 10.8 Å². The molecule has 268 valence electrons. The third-order valence-electron chi connectivity index (χ3n) is 12.7. The molecule has 1 heterocycles. The van der Waals surface area contributed by atoms with E-state index in [0.717, 1.165) is 39.0 Å². The molecule has 56 heavy (non-hydrogen) atoms. The zero-order valence-electron chi connectivity index (χ0n) is 32.1. The van der Waals surface area contributed by atoms with E-state index in [0.29, 0.717) is 0 Å². The minimum atomic E-state index is -0.220. The Labute approximate surface area is 328 Å².